The minimum atomic E-state index is -0.228. The van der Waals surface area contributed by atoms with Crippen LogP contribution in [0.3, 0.4) is 0 Å². The van der Waals surface area contributed by atoms with Gasteiger partial charge in [-0.05, 0) is 36.4 Å². The van der Waals surface area contributed by atoms with Crippen LogP contribution in [-0.2, 0) is 16.1 Å². The summed E-state index contributed by atoms with van der Waals surface area (Å²) in [6.45, 7) is 2.64. The molecule has 2 aliphatic rings. The first kappa shape index (κ1) is 18.2. The van der Waals surface area contributed by atoms with Gasteiger partial charge in [-0.3, -0.25) is 4.79 Å². The van der Waals surface area contributed by atoms with Crippen LogP contribution in [0.1, 0.15) is 31.7 Å². The standard InChI is InChI=1S/C20H23ClN4O2/c1-3-16-19(26)24(2)17-11-22-20(21)23-18(17)25(16)14-9-15(10-14)27-12-13-7-5-4-6-8-13/h4-8,11,14-16H,3,9-10,12H2,1-2H3/t14?,15?,16-/m1/s1. The maximum absolute atomic E-state index is 12.8. The maximum Gasteiger partial charge on any atom is 0.249 e. The fourth-order valence-corrected chi connectivity index (χ4v) is 4.00. The number of hydrogen-bond donors (Lipinski definition) is 0. The lowest BCUT2D eigenvalue weighted by Gasteiger charge is -2.49. The molecule has 0 bridgehead atoms. The molecule has 1 aromatic heterocycles. The smallest absolute Gasteiger partial charge is 0.249 e. The molecule has 0 radical (unpaired) electrons. The number of nitrogens with zero attached hydrogens (tertiary/aromatic N) is 4. The Kier molecular flexibility index (Phi) is 5.02. The summed E-state index contributed by atoms with van der Waals surface area (Å²) < 4.78 is 6.03. The second kappa shape index (κ2) is 7.44. The highest BCUT2D eigenvalue weighted by Gasteiger charge is 2.45. The number of likely N-dealkylation sites (N-methyl/N-ethyl adjacent to an activating group) is 1. The van der Waals surface area contributed by atoms with Gasteiger partial charge in [-0.25, -0.2) is 4.98 Å². The van der Waals surface area contributed by atoms with E-state index < -0.39 is 0 Å². The third kappa shape index (κ3) is 3.39. The summed E-state index contributed by atoms with van der Waals surface area (Å²) in [6.07, 6.45) is 4.30. The minimum absolute atomic E-state index is 0.0737. The Balaban J connectivity index is 1.49. The van der Waals surface area contributed by atoms with Gasteiger partial charge in [0.1, 0.15) is 11.7 Å². The first-order valence-corrected chi connectivity index (χ1v) is 9.70. The van der Waals surface area contributed by atoms with Gasteiger partial charge in [0.15, 0.2) is 5.82 Å². The average molecular weight is 387 g/mol. The van der Waals surface area contributed by atoms with Gasteiger partial charge < -0.3 is 14.5 Å². The van der Waals surface area contributed by atoms with Crippen molar-refractivity contribution in [1.82, 2.24) is 9.97 Å². The highest BCUT2D eigenvalue weighted by atomic mass is 35.5. The monoisotopic (exact) mass is 386 g/mol. The highest BCUT2D eigenvalue weighted by Crippen LogP contribution is 2.41. The Labute approximate surface area is 164 Å². The van der Waals surface area contributed by atoms with E-state index in [-0.39, 0.29) is 29.4 Å². The van der Waals surface area contributed by atoms with Gasteiger partial charge in [-0.1, -0.05) is 37.3 Å². The molecule has 0 spiro atoms. The second-order valence-corrected chi connectivity index (χ2v) is 7.46. The molecule has 2 aromatic rings. The molecule has 1 amide bonds. The number of carbonyl (C=O) groups is 1. The molecule has 1 fully saturated rings. The summed E-state index contributed by atoms with van der Waals surface area (Å²) >= 11 is 6.05. The minimum Gasteiger partial charge on any atom is -0.373 e. The van der Waals surface area contributed by atoms with Crippen LogP contribution >= 0.6 is 11.6 Å². The van der Waals surface area contributed by atoms with Crippen molar-refractivity contribution < 1.29 is 9.53 Å². The van der Waals surface area contributed by atoms with E-state index in [1.807, 2.05) is 25.1 Å². The zero-order valence-electron chi connectivity index (χ0n) is 15.5. The van der Waals surface area contributed by atoms with Gasteiger partial charge in [0, 0.05) is 13.1 Å². The summed E-state index contributed by atoms with van der Waals surface area (Å²) in [5, 5.41) is 0.201. The molecule has 1 saturated carbocycles. The largest absolute Gasteiger partial charge is 0.373 e. The fraction of sp³-hybridized carbons (Fsp3) is 0.450. The van der Waals surface area contributed by atoms with Crippen molar-refractivity contribution in [2.45, 2.75) is 51.0 Å². The molecular formula is C20H23ClN4O2. The lowest BCUT2D eigenvalue weighted by molar-refractivity contribution is -0.120. The van der Waals surface area contributed by atoms with Crippen molar-refractivity contribution in [2.24, 2.45) is 0 Å². The zero-order valence-corrected chi connectivity index (χ0v) is 16.3. The Morgan fingerprint density at radius 1 is 1.26 bits per heavy atom. The number of fused-ring (bicyclic) bond motifs is 1. The molecule has 2 heterocycles. The Morgan fingerprint density at radius 3 is 2.70 bits per heavy atom. The molecule has 0 unspecified atom stereocenters. The van der Waals surface area contributed by atoms with Crippen LogP contribution in [0, 0.1) is 0 Å². The first-order chi connectivity index (χ1) is 13.1. The predicted molar refractivity (Wildman–Crippen MR) is 105 cm³/mol. The average Bonchev–Trinajstić information content (AvgIpc) is 2.65. The van der Waals surface area contributed by atoms with Crippen molar-refractivity contribution >= 4 is 29.0 Å². The molecule has 142 valence electrons. The van der Waals surface area contributed by atoms with E-state index >= 15 is 0 Å². The maximum atomic E-state index is 12.8. The topological polar surface area (TPSA) is 58.6 Å². The summed E-state index contributed by atoms with van der Waals surface area (Å²) in [5.74, 6) is 0.819. The lowest BCUT2D eigenvalue weighted by Crippen LogP contribution is -2.60. The van der Waals surface area contributed by atoms with Crippen LogP contribution < -0.4 is 9.80 Å². The predicted octanol–water partition coefficient (Wildman–Crippen LogP) is 3.44. The molecule has 1 atom stereocenters. The number of carbonyl (C=O) groups excluding carboxylic acids is 1. The number of anilines is 2. The Bertz CT molecular complexity index is 826. The quantitative estimate of drug-likeness (QED) is 0.737. The van der Waals surface area contributed by atoms with E-state index in [4.69, 9.17) is 16.3 Å². The molecule has 6 nitrogen and oxygen atoms in total. The van der Waals surface area contributed by atoms with Crippen molar-refractivity contribution in [2.75, 3.05) is 16.8 Å². The van der Waals surface area contributed by atoms with Crippen LogP contribution in [0.5, 0.6) is 0 Å². The summed E-state index contributed by atoms with van der Waals surface area (Å²) in [4.78, 5) is 25.1. The van der Waals surface area contributed by atoms with Gasteiger partial charge in [0.05, 0.1) is 18.9 Å². The van der Waals surface area contributed by atoms with Crippen molar-refractivity contribution in [3.05, 3.63) is 47.4 Å². The Hall–Kier alpha value is -2.18. The number of ether oxygens (including phenoxy) is 1. The number of rotatable bonds is 5. The second-order valence-electron chi connectivity index (χ2n) is 7.12. The number of hydrogen-bond acceptors (Lipinski definition) is 5. The van der Waals surface area contributed by atoms with Crippen molar-refractivity contribution in [3.63, 3.8) is 0 Å². The first-order valence-electron chi connectivity index (χ1n) is 9.32. The van der Waals surface area contributed by atoms with Gasteiger partial charge in [-0.2, -0.15) is 4.98 Å². The van der Waals surface area contributed by atoms with E-state index in [0.717, 1.165) is 25.1 Å². The van der Waals surface area contributed by atoms with E-state index in [1.165, 1.54) is 5.56 Å². The van der Waals surface area contributed by atoms with Crippen molar-refractivity contribution in [1.29, 1.82) is 0 Å². The number of amides is 1. The van der Waals surface area contributed by atoms with Crippen LogP contribution in [0.25, 0.3) is 0 Å². The molecule has 7 heteroatoms. The Morgan fingerprint density at radius 2 is 2.00 bits per heavy atom. The molecule has 0 saturated heterocycles. The van der Waals surface area contributed by atoms with E-state index in [9.17, 15) is 4.79 Å². The molecule has 27 heavy (non-hydrogen) atoms. The fourth-order valence-electron chi connectivity index (χ4n) is 3.87. The summed E-state index contributed by atoms with van der Waals surface area (Å²) in [6, 6.07) is 10.2. The molecule has 4 rings (SSSR count). The molecule has 1 aliphatic carbocycles. The van der Waals surface area contributed by atoms with Gasteiger partial charge in [-0.15, -0.1) is 0 Å². The third-order valence-electron chi connectivity index (χ3n) is 5.46. The van der Waals surface area contributed by atoms with Gasteiger partial charge in [0.25, 0.3) is 0 Å². The normalized spacial score (nSPS) is 24.6. The summed E-state index contributed by atoms with van der Waals surface area (Å²) in [7, 11) is 1.77. The van der Waals surface area contributed by atoms with Crippen LogP contribution in [-0.4, -0.2) is 41.1 Å². The van der Waals surface area contributed by atoms with E-state index in [1.54, 1.807) is 18.1 Å². The van der Waals surface area contributed by atoms with Gasteiger partial charge in [0.2, 0.25) is 11.2 Å². The molecule has 0 N–H and O–H groups in total. The van der Waals surface area contributed by atoms with E-state index in [0.29, 0.717) is 12.3 Å². The highest BCUT2D eigenvalue weighted by molar-refractivity contribution is 6.28. The molecule has 1 aromatic carbocycles. The van der Waals surface area contributed by atoms with Crippen LogP contribution in [0.4, 0.5) is 11.5 Å². The SMILES string of the molecule is CC[C@@H]1C(=O)N(C)c2cnc(Cl)nc2N1C1CC(OCc2ccccc2)C1. The van der Waals surface area contributed by atoms with E-state index in [2.05, 4.69) is 27.0 Å². The number of benzene rings is 1. The van der Waals surface area contributed by atoms with Crippen molar-refractivity contribution in [3.8, 4) is 0 Å². The van der Waals surface area contributed by atoms with Crippen LogP contribution in [0.15, 0.2) is 36.5 Å². The summed E-state index contributed by atoms with van der Waals surface area (Å²) in [5.41, 5.74) is 1.88. The third-order valence-corrected chi connectivity index (χ3v) is 5.64. The zero-order chi connectivity index (χ0) is 19.0. The number of halogens is 1. The van der Waals surface area contributed by atoms with Gasteiger partial charge >= 0.3 is 0 Å². The lowest BCUT2D eigenvalue weighted by atomic mass is 9.85. The van der Waals surface area contributed by atoms with Crippen LogP contribution in [0.2, 0.25) is 5.28 Å². The number of aromatic nitrogens is 2. The molecule has 1 aliphatic heterocycles. The molecular weight excluding hydrogens is 364 g/mol.